The van der Waals surface area contributed by atoms with E-state index in [1.807, 2.05) is 0 Å². The van der Waals surface area contributed by atoms with Crippen LogP contribution in [-0.4, -0.2) is 12.6 Å². The van der Waals surface area contributed by atoms with Gasteiger partial charge in [0.05, 0.1) is 6.61 Å². The van der Waals surface area contributed by atoms with Crippen molar-refractivity contribution < 1.29 is 9.53 Å². The molecule has 0 aromatic carbocycles. The Bertz CT molecular complexity index is 623. The van der Waals surface area contributed by atoms with Crippen molar-refractivity contribution >= 4 is 5.97 Å². The molecular formula is C36H62O2. The Morgan fingerprint density at radius 1 is 0.447 bits per heavy atom. The van der Waals surface area contributed by atoms with Gasteiger partial charge >= 0.3 is 5.97 Å². The Balaban J connectivity index is 3.40. The van der Waals surface area contributed by atoms with Crippen LogP contribution in [0.15, 0.2) is 60.8 Å². The molecular weight excluding hydrogens is 464 g/mol. The van der Waals surface area contributed by atoms with Gasteiger partial charge in [0, 0.05) is 6.42 Å². The molecule has 0 bridgehead atoms. The highest BCUT2D eigenvalue weighted by Gasteiger charge is 2.01. The van der Waals surface area contributed by atoms with Crippen molar-refractivity contribution in [1.82, 2.24) is 0 Å². The van der Waals surface area contributed by atoms with E-state index in [0.717, 1.165) is 44.9 Å². The van der Waals surface area contributed by atoms with Gasteiger partial charge in [-0.3, -0.25) is 4.79 Å². The monoisotopic (exact) mass is 526 g/mol. The van der Waals surface area contributed by atoms with Gasteiger partial charge in [-0.1, -0.05) is 132 Å². The van der Waals surface area contributed by atoms with Crippen LogP contribution in [0.4, 0.5) is 0 Å². The standard InChI is InChI=1S/C36H62O2/c1-3-5-7-9-11-13-15-17-19-20-21-22-24-26-28-30-32-34-36(37)38-35-33-31-29-27-25-23-18-16-14-12-10-8-6-4-2/h11,13,17-19,21-23,26,28H,3-10,12,14-16,20,24-25,27,29-35H2,1-2H3/b13-11-,19-17-,22-21-,23-18+,28-26-. The van der Waals surface area contributed by atoms with E-state index in [2.05, 4.69) is 74.6 Å². The van der Waals surface area contributed by atoms with Crippen molar-refractivity contribution in [1.29, 1.82) is 0 Å². The van der Waals surface area contributed by atoms with Crippen LogP contribution in [-0.2, 0) is 9.53 Å². The molecule has 38 heavy (non-hydrogen) atoms. The molecule has 0 saturated carbocycles. The molecule has 0 aromatic heterocycles. The minimum absolute atomic E-state index is 0.0430. The molecule has 0 aliphatic carbocycles. The molecule has 0 unspecified atom stereocenters. The van der Waals surface area contributed by atoms with Crippen molar-refractivity contribution in [2.75, 3.05) is 6.61 Å². The Kier molecular flexibility index (Phi) is 31.6. The van der Waals surface area contributed by atoms with E-state index in [4.69, 9.17) is 4.74 Å². The van der Waals surface area contributed by atoms with E-state index >= 15 is 0 Å². The Morgan fingerprint density at radius 3 is 1.37 bits per heavy atom. The third-order valence-corrected chi connectivity index (χ3v) is 6.63. The summed E-state index contributed by atoms with van der Waals surface area (Å²) in [5, 5.41) is 0. The molecule has 0 aliphatic rings. The van der Waals surface area contributed by atoms with Crippen molar-refractivity contribution in [3.63, 3.8) is 0 Å². The molecule has 0 aliphatic heterocycles. The van der Waals surface area contributed by atoms with Crippen LogP contribution in [0.25, 0.3) is 0 Å². The second-order valence-corrected chi connectivity index (χ2v) is 10.4. The second-order valence-electron chi connectivity index (χ2n) is 10.4. The van der Waals surface area contributed by atoms with Gasteiger partial charge in [-0.15, -0.1) is 0 Å². The lowest BCUT2D eigenvalue weighted by Gasteiger charge is -2.04. The van der Waals surface area contributed by atoms with Crippen molar-refractivity contribution in [2.45, 2.75) is 155 Å². The number of esters is 1. The normalized spacial score (nSPS) is 12.4. The maximum absolute atomic E-state index is 11.9. The molecule has 0 N–H and O–H groups in total. The first-order chi connectivity index (χ1) is 18.8. The van der Waals surface area contributed by atoms with Gasteiger partial charge in [0.25, 0.3) is 0 Å². The molecule has 0 amide bonds. The van der Waals surface area contributed by atoms with Crippen molar-refractivity contribution in [2.24, 2.45) is 0 Å². The molecule has 0 atom stereocenters. The first-order valence-corrected chi connectivity index (χ1v) is 16.2. The van der Waals surface area contributed by atoms with Crippen LogP contribution in [0.5, 0.6) is 0 Å². The number of hydrogen-bond acceptors (Lipinski definition) is 2. The van der Waals surface area contributed by atoms with Crippen molar-refractivity contribution in [3.8, 4) is 0 Å². The van der Waals surface area contributed by atoms with Gasteiger partial charge in [-0.05, 0) is 77.0 Å². The predicted octanol–water partition coefficient (Wildman–Crippen LogP) is 11.9. The smallest absolute Gasteiger partial charge is 0.305 e. The summed E-state index contributed by atoms with van der Waals surface area (Å²) in [7, 11) is 0. The molecule has 0 rings (SSSR count). The van der Waals surface area contributed by atoms with Crippen LogP contribution >= 0.6 is 0 Å². The summed E-state index contributed by atoms with van der Waals surface area (Å²) in [6.07, 6.45) is 48.4. The van der Waals surface area contributed by atoms with Gasteiger partial charge in [0.2, 0.25) is 0 Å². The number of carbonyl (C=O) groups is 1. The van der Waals surface area contributed by atoms with E-state index < -0.39 is 0 Å². The van der Waals surface area contributed by atoms with Crippen LogP contribution in [0.3, 0.4) is 0 Å². The Morgan fingerprint density at radius 2 is 0.816 bits per heavy atom. The number of allylic oxidation sites excluding steroid dienone is 10. The molecule has 0 spiro atoms. The van der Waals surface area contributed by atoms with Gasteiger partial charge < -0.3 is 4.74 Å². The van der Waals surface area contributed by atoms with E-state index in [0.29, 0.717) is 13.0 Å². The highest BCUT2D eigenvalue weighted by Crippen LogP contribution is 2.09. The first-order valence-electron chi connectivity index (χ1n) is 16.2. The van der Waals surface area contributed by atoms with Crippen LogP contribution in [0, 0.1) is 0 Å². The van der Waals surface area contributed by atoms with E-state index in [9.17, 15) is 4.79 Å². The zero-order valence-corrected chi connectivity index (χ0v) is 25.4. The topological polar surface area (TPSA) is 26.3 Å². The maximum atomic E-state index is 11.9. The molecule has 0 heterocycles. The first kappa shape index (κ1) is 36.2. The largest absolute Gasteiger partial charge is 0.466 e. The number of rotatable bonds is 28. The molecule has 0 aromatic rings. The lowest BCUT2D eigenvalue weighted by Crippen LogP contribution is -2.05. The third kappa shape index (κ3) is 32.2. The molecule has 0 radical (unpaired) electrons. The van der Waals surface area contributed by atoms with Gasteiger partial charge in [-0.2, -0.15) is 0 Å². The number of unbranched alkanes of at least 4 members (excludes halogenated alkanes) is 14. The van der Waals surface area contributed by atoms with Crippen LogP contribution in [0.2, 0.25) is 0 Å². The highest BCUT2D eigenvalue weighted by molar-refractivity contribution is 5.69. The fraction of sp³-hybridized carbons (Fsp3) is 0.694. The number of hydrogen-bond donors (Lipinski definition) is 0. The quantitative estimate of drug-likeness (QED) is 0.0575. The fourth-order valence-electron chi connectivity index (χ4n) is 4.18. The third-order valence-electron chi connectivity index (χ3n) is 6.63. The minimum atomic E-state index is -0.0430. The number of ether oxygens (including phenoxy) is 1. The minimum Gasteiger partial charge on any atom is -0.466 e. The fourth-order valence-corrected chi connectivity index (χ4v) is 4.18. The summed E-state index contributed by atoms with van der Waals surface area (Å²) in [5.74, 6) is -0.0430. The summed E-state index contributed by atoms with van der Waals surface area (Å²) in [5.41, 5.74) is 0. The maximum Gasteiger partial charge on any atom is 0.305 e. The molecule has 2 nitrogen and oxygen atoms in total. The number of carbonyl (C=O) groups excluding carboxylic acids is 1. The van der Waals surface area contributed by atoms with E-state index in [1.54, 1.807) is 0 Å². The Hall–Kier alpha value is -1.83. The SMILES string of the molecule is CCCCC/C=C\C/C=C\C/C=C\C/C=C\CCCC(=O)OCCCCCC/C=C/CCCCCCCC. The summed E-state index contributed by atoms with van der Waals surface area (Å²) in [6, 6.07) is 0. The van der Waals surface area contributed by atoms with Crippen LogP contribution in [0.1, 0.15) is 155 Å². The molecule has 2 heteroatoms. The molecule has 0 fully saturated rings. The second kappa shape index (κ2) is 33.2. The van der Waals surface area contributed by atoms with Gasteiger partial charge in [0.1, 0.15) is 0 Å². The highest BCUT2D eigenvalue weighted by atomic mass is 16.5. The summed E-state index contributed by atoms with van der Waals surface area (Å²) in [6.45, 7) is 5.10. The summed E-state index contributed by atoms with van der Waals surface area (Å²) < 4.78 is 5.38. The predicted molar refractivity (Wildman–Crippen MR) is 170 cm³/mol. The lowest BCUT2D eigenvalue weighted by molar-refractivity contribution is -0.143. The molecule has 0 saturated heterocycles. The average molecular weight is 527 g/mol. The lowest BCUT2D eigenvalue weighted by atomic mass is 10.1. The van der Waals surface area contributed by atoms with Crippen LogP contribution < -0.4 is 0 Å². The van der Waals surface area contributed by atoms with Gasteiger partial charge in [0.15, 0.2) is 0 Å². The van der Waals surface area contributed by atoms with Gasteiger partial charge in [-0.25, -0.2) is 0 Å². The zero-order valence-electron chi connectivity index (χ0n) is 25.4. The summed E-state index contributed by atoms with van der Waals surface area (Å²) >= 11 is 0. The van der Waals surface area contributed by atoms with Crippen molar-refractivity contribution in [3.05, 3.63) is 60.8 Å². The molecule has 218 valence electrons. The summed E-state index contributed by atoms with van der Waals surface area (Å²) in [4.78, 5) is 11.9. The zero-order chi connectivity index (χ0) is 27.6. The average Bonchev–Trinajstić information content (AvgIpc) is 2.92. The van der Waals surface area contributed by atoms with E-state index in [-0.39, 0.29) is 5.97 Å². The Labute approximate surface area is 237 Å². The van der Waals surface area contributed by atoms with E-state index in [1.165, 1.54) is 89.9 Å².